The van der Waals surface area contributed by atoms with Crippen molar-refractivity contribution in [3.8, 4) is 5.75 Å². The second kappa shape index (κ2) is 5.86. The Bertz CT molecular complexity index is 568. The summed E-state index contributed by atoms with van der Waals surface area (Å²) in [5.41, 5.74) is 0.826. The smallest absolute Gasteiger partial charge is 0.227 e. The highest BCUT2D eigenvalue weighted by Crippen LogP contribution is 2.26. The van der Waals surface area contributed by atoms with Crippen LogP contribution in [-0.2, 0) is 0 Å². The van der Waals surface area contributed by atoms with Gasteiger partial charge in [-0.3, -0.25) is 0 Å². The second-order valence-corrected chi connectivity index (χ2v) is 4.90. The second-order valence-electron chi connectivity index (χ2n) is 4.90. The van der Waals surface area contributed by atoms with E-state index in [1.165, 1.54) is 12.8 Å². The van der Waals surface area contributed by atoms with E-state index in [0.29, 0.717) is 12.1 Å². The molecule has 1 fully saturated rings. The van der Waals surface area contributed by atoms with Crippen LogP contribution in [0.15, 0.2) is 36.7 Å². The van der Waals surface area contributed by atoms with Crippen LogP contribution in [0.2, 0.25) is 0 Å². The molecule has 0 saturated heterocycles. The lowest BCUT2D eigenvalue weighted by atomic mass is 10.2. The van der Waals surface area contributed by atoms with Crippen LogP contribution < -0.4 is 10.1 Å². The van der Waals surface area contributed by atoms with E-state index < -0.39 is 5.82 Å². The van der Waals surface area contributed by atoms with Crippen molar-refractivity contribution in [1.29, 1.82) is 0 Å². The topological polar surface area (TPSA) is 47.0 Å². The van der Waals surface area contributed by atoms with E-state index in [-0.39, 0.29) is 0 Å². The fourth-order valence-corrected chi connectivity index (χ4v) is 2.35. The molecule has 0 bridgehead atoms. The summed E-state index contributed by atoms with van der Waals surface area (Å²) in [6, 6.07) is 7.66. The number of aromatic nitrogens is 2. The molecule has 0 radical (unpaired) electrons. The lowest BCUT2D eigenvalue weighted by Gasteiger charge is -2.14. The zero-order valence-corrected chi connectivity index (χ0v) is 11.1. The first-order chi connectivity index (χ1) is 9.79. The summed E-state index contributed by atoms with van der Waals surface area (Å²) in [6.45, 7) is 0. The summed E-state index contributed by atoms with van der Waals surface area (Å²) in [5.74, 6) is 0.752. The molecule has 20 heavy (non-hydrogen) atoms. The largest absolute Gasteiger partial charge is 0.490 e. The Morgan fingerprint density at radius 1 is 1.15 bits per heavy atom. The third-order valence-corrected chi connectivity index (χ3v) is 3.32. The van der Waals surface area contributed by atoms with E-state index in [1.807, 2.05) is 24.3 Å². The Balaban J connectivity index is 1.68. The van der Waals surface area contributed by atoms with Gasteiger partial charge in [0.15, 0.2) is 5.82 Å². The van der Waals surface area contributed by atoms with Gasteiger partial charge in [-0.25, -0.2) is 14.4 Å². The van der Waals surface area contributed by atoms with Crippen molar-refractivity contribution in [3.63, 3.8) is 0 Å². The third kappa shape index (κ3) is 3.23. The minimum absolute atomic E-state index is 0.326. The van der Waals surface area contributed by atoms with Crippen LogP contribution in [0.3, 0.4) is 0 Å². The molecule has 1 saturated carbocycles. The highest BCUT2D eigenvalue weighted by Gasteiger charge is 2.16. The van der Waals surface area contributed by atoms with Gasteiger partial charge in [-0.15, -0.1) is 0 Å². The highest BCUT2D eigenvalue weighted by atomic mass is 19.1. The molecule has 1 aromatic carbocycles. The van der Waals surface area contributed by atoms with Crippen molar-refractivity contribution in [2.24, 2.45) is 0 Å². The molecule has 2 aromatic rings. The minimum Gasteiger partial charge on any atom is -0.490 e. The maximum absolute atomic E-state index is 12.7. The van der Waals surface area contributed by atoms with Gasteiger partial charge in [0.1, 0.15) is 5.75 Å². The molecule has 1 aliphatic rings. The molecule has 0 amide bonds. The average molecular weight is 273 g/mol. The molecule has 0 aliphatic heterocycles. The van der Waals surface area contributed by atoms with Crippen molar-refractivity contribution in [2.45, 2.75) is 31.8 Å². The van der Waals surface area contributed by atoms with Crippen molar-refractivity contribution in [1.82, 2.24) is 9.97 Å². The predicted octanol–water partition coefficient (Wildman–Crippen LogP) is 3.68. The maximum atomic E-state index is 12.7. The summed E-state index contributed by atoms with van der Waals surface area (Å²) < 4.78 is 18.7. The average Bonchev–Trinajstić information content (AvgIpc) is 2.95. The molecular formula is C15H16FN3O. The van der Waals surface area contributed by atoms with Crippen LogP contribution in [0.5, 0.6) is 5.75 Å². The van der Waals surface area contributed by atoms with Crippen LogP contribution in [0, 0.1) is 5.82 Å². The summed E-state index contributed by atoms with van der Waals surface area (Å²) >= 11 is 0. The zero-order chi connectivity index (χ0) is 13.8. The Kier molecular flexibility index (Phi) is 3.76. The van der Waals surface area contributed by atoms with Gasteiger partial charge in [-0.2, -0.15) is 0 Å². The Labute approximate surface area is 117 Å². The molecule has 0 spiro atoms. The molecule has 5 heteroatoms. The van der Waals surface area contributed by atoms with Gasteiger partial charge >= 0.3 is 0 Å². The first-order valence-electron chi connectivity index (χ1n) is 6.81. The number of nitrogens with zero attached hydrogens (tertiary/aromatic N) is 2. The fourth-order valence-electron chi connectivity index (χ4n) is 2.35. The van der Waals surface area contributed by atoms with E-state index in [4.69, 9.17) is 4.74 Å². The molecule has 0 unspecified atom stereocenters. The minimum atomic E-state index is -0.450. The van der Waals surface area contributed by atoms with Crippen LogP contribution in [0.1, 0.15) is 25.7 Å². The standard InChI is InChI=1S/C15H16FN3O/c16-11-9-17-15(18-10-11)19-12-4-3-7-14(8-12)20-13-5-1-2-6-13/h3-4,7-10,13H,1-2,5-6H2,(H,17,18,19). The quantitative estimate of drug-likeness (QED) is 0.923. The molecule has 1 N–H and O–H groups in total. The van der Waals surface area contributed by atoms with Gasteiger partial charge in [-0.1, -0.05) is 6.07 Å². The number of anilines is 2. The molecule has 4 nitrogen and oxygen atoms in total. The van der Waals surface area contributed by atoms with E-state index in [1.54, 1.807) is 0 Å². The van der Waals surface area contributed by atoms with Crippen LogP contribution >= 0.6 is 0 Å². The number of nitrogens with one attached hydrogen (secondary N) is 1. The Morgan fingerprint density at radius 2 is 1.90 bits per heavy atom. The van der Waals surface area contributed by atoms with Crippen molar-refractivity contribution in [2.75, 3.05) is 5.32 Å². The summed E-state index contributed by atoms with van der Waals surface area (Å²) in [6.07, 6.45) is 7.32. The van der Waals surface area contributed by atoms with Crippen LogP contribution in [0.25, 0.3) is 0 Å². The van der Waals surface area contributed by atoms with Gasteiger partial charge in [0.05, 0.1) is 18.5 Å². The monoisotopic (exact) mass is 273 g/mol. The predicted molar refractivity (Wildman–Crippen MR) is 74.6 cm³/mol. The van der Waals surface area contributed by atoms with Crippen molar-refractivity contribution >= 4 is 11.6 Å². The van der Waals surface area contributed by atoms with Gasteiger partial charge in [0, 0.05) is 11.8 Å². The highest BCUT2D eigenvalue weighted by molar-refractivity contribution is 5.55. The van der Waals surface area contributed by atoms with Crippen LogP contribution in [-0.4, -0.2) is 16.1 Å². The molecule has 0 atom stereocenters. The number of hydrogen-bond donors (Lipinski definition) is 1. The molecular weight excluding hydrogens is 257 g/mol. The van der Waals surface area contributed by atoms with Crippen molar-refractivity contribution < 1.29 is 9.13 Å². The number of hydrogen-bond acceptors (Lipinski definition) is 4. The Morgan fingerprint density at radius 3 is 2.65 bits per heavy atom. The summed E-state index contributed by atoms with van der Waals surface area (Å²) in [7, 11) is 0. The lowest BCUT2D eigenvalue weighted by molar-refractivity contribution is 0.210. The van der Waals surface area contributed by atoms with E-state index in [2.05, 4.69) is 15.3 Å². The molecule has 3 rings (SSSR count). The first kappa shape index (κ1) is 12.8. The number of halogens is 1. The van der Waals surface area contributed by atoms with E-state index in [0.717, 1.165) is 36.7 Å². The molecule has 1 aromatic heterocycles. The maximum Gasteiger partial charge on any atom is 0.227 e. The Hall–Kier alpha value is -2.17. The van der Waals surface area contributed by atoms with Crippen LogP contribution in [0.4, 0.5) is 16.0 Å². The van der Waals surface area contributed by atoms with Gasteiger partial charge in [0.25, 0.3) is 0 Å². The third-order valence-electron chi connectivity index (χ3n) is 3.32. The zero-order valence-electron chi connectivity index (χ0n) is 11.1. The molecule has 104 valence electrons. The van der Waals surface area contributed by atoms with Gasteiger partial charge < -0.3 is 10.1 Å². The van der Waals surface area contributed by atoms with Crippen molar-refractivity contribution in [3.05, 3.63) is 42.5 Å². The SMILES string of the molecule is Fc1cnc(Nc2cccc(OC3CCCC3)c2)nc1. The first-order valence-corrected chi connectivity index (χ1v) is 6.81. The van der Waals surface area contributed by atoms with E-state index >= 15 is 0 Å². The summed E-state index contributed by atoms with van der Waals surface area (Å²) in [4.78, 5) is 7.74. The normalized spacial score (nSPS) is 15.2. The molecule has 1 aliphatic carbocycles. The number of ether oxygens (including phenoxy) is 1. The molecule has 1 heterocycles. The fraction of sp³-hybridized carbons (Fsp3) is 0.333. The van der Waals surface area contributed by atoms with Gasteiger partial charge in [-0.05, 0) is 37.8 Å². The number of rotatable bonds is 4. The number of benzene rings is 1. The van der Waals surface area contributed by atoms with E-state index in [9.17, 15) is 4.39 Å². The lowest BCUT2D eigenvalue weighted by Crippen LogP contribution is -2.10. The summed E-state index contributed by atoms with van der Waals surface area (Å²) in [5, 5.41) is 3.03. The van der Waals surface area contributed by atoms with Gasteiger partial charge in [0.2, 0.25) is 5.95 Å².